The zero-order valence-electron chi connectivity index (χ0n) is 16.4. The van der Waals surface area contributed by atoms with Crippen molar-refractivity contribution in [2.24, 2.45) is 0 Å². The molecular formula is C22H26N4OS. The molecule has 1 aliphatic rings. The van der Waals surface area contributed by atoms with Gasteiger partial charge in [0.15, 0.2) is 0 Å². The van der Waals surface area contributed by atoms with Crippen molar-refractivity contribution in [2.45, 2.75) is 39.2 Å². The molecule has 2 N–H and O–H groups in total. The SMILES string of the molecule is Cc1ccc(-c2nc(Nc3ccc(OCCC4CCCN4)cc3)ncc2C)s1. The largest absolute Gasteiger partial charge is 0.494 e. The van der Waals surface area contributed by atoms with Crippen molar-refractivity contribution in [2.75, 3.05) is 18.5 Å². The van der Waals surface area contributed by atoms with Crippen LogP contribution >= 0.6 is 11.3 Å². The van der Waals surface area contributed by atoms with E-state index >= 15 is 0 Å². The minimum Gasteiger partial charge on any atom is -0.494 e. The molecule has 146 valence electrons. The van der Waals surface area contributed by atoms with E-state index in [0.29, 0.717) is 12.0 Å². The fourth-order valence-corrected chi connectivity index (χ4v) is 4.32. The quantitative estimate of drug-likeness (QED) is 0.585. The van der Waals surface area contributed by atoms with E-state index in [2.05, 4.69) is 34.7 Å². The average molecular weight is 395 g/mol. The van der Waals surface area contributed by atoms with Gasteiger partial charge < -0.3 is 15.4 Å². The summed E-state index contributed by atoms with van der Waals surface area (Å²) in [6.45, 7) is 6.04. The minimum atomic E-state index is 0.604. The van der Waals surface area contributed by atoms with E-state index in [1.165, 1.54) is 22.6 Å². The van der Waals surface area contributed by atoms with E-state index in [-0.39, 0.29) is 0 Å². The van der Waals surface area contributed by atoms with E-state index in [0.717, 1.165) is 42.3 Å². The average Bonchev–Trinajstić information content (AvgIpc) is 3.36. The molecule has 28 heavy (non-hydrogen) atoms. The van der Waals surface area contributed by atoms with Gasteiger partial charge in [0.2, 0.25) is 5.95 Å². The molecule has 1 saturated heterocycles. The van der Waals surface area contributed by atoms with Gasteiger partial charge in [-0.1, -0.05) is 0 Å². The first kappa shape index (κ1) is 18.9. The Balaban J connectivity index is 1.37. The molecule has 3 heterocycles. The Morgan fingerprint density at radius 2 is 2.04 bits per heavy atom. The molecule has 0 amide bonds. The van der Waals surface area contributed by atoms with Gasteiger partial charge in [-0.05, 0) is 81.6 Å². The maximum absolute atomic E-state index is 5.87. The van der Waals surface area contributed by atoms with Gasteiger partial charge in [0.1, 0.15) is 5.75 Å². The highest BCUT2D eigenvalue weighted by Crippen LogP contribution is 2.29. The van der Waals surface area contributed by atoms with Crippen LogP contribution in [0.5, 0.6) is 5.75 Å². The van der Waals surface area contributed by atoms with Crippen LogP contribution in [0.1, 0.15) is 29.7 Å². The molecule has 0 aliphatic carbocycles. The summed E-state index contributed by atoms with van der Waals surface area (Å²) in [5, 5.41) is 6.79. The summed E-state index contributed by atoms with van der Waals surface area (Å²) in [5.41, 5.74) is 3.01. The van der Waals surface area contributed by atoms with Gasteiger partial charge in [-0.3, -0.25) is 0 Å². The van der Waals surface area contributed by atoms with Crippen LogP contribution in [0, 0.1) is 13.8 Å². The number of ether oxygens (including phenoxy) is 1. The molecule has 1 aliphatic heterocycles. The number of benzene rings is 1. The van der Waals surface area contributed by atoms with Gasteiger partial charge in [0.25, 0.3) is 0 Å². The van der Waals surface area contributed by atoms with Gasteiger partial charge in [0, 0.05) is 22.8 Å². The van der Waals surface area contributed by atoms with Crippen LogP contribution in [0.15, 0.2) is 42.6 Å². The first-order valence-corrected chi connectivity index (χ1v) is 10.6. The number of aromatic nitrogens is 2. The second-order valence-corrected chi connectivity index (χ2v) is 8.50. The van der Waals surface area contributed by atoms with Gasteiger partial charge in [-0.25, -0.2) is 9.97 Å². The second kappa shape index (κ2) is 8.71. The summed E-state index contributed by atoms with van der Waals surface area (Å²) in [7, 11) is 0. The Kier molecular flexibility index (Phi) is 5.88. The number of hydrogen-bond acceptors (Lipinski definition) is 6. The fraction of sp³-hybridized carbons (Fsp3) is 0.364. The van der Waals surface area contributed by atoms with Crippen molar-refractivity contribution in [3.63, 3.8) is 0 Å². The van der Waals surface area contributed by atoms with E-state index in [9.17, 15) is 0 Å². The third-order valence-corrected chi connectivity index (χ3v) is 5.96. The van der Waals surface area contributed by atoms with E-state index in [4.69, 9.17) is 9.72 Å². The number of rotatable bonds is 7. The minimum absolute atomic E-state index is 0.604. The van der Waals surface area contributed by atoms with E-state index < -0.39 is 0 Å². The normalized spacial score (nSPS) is 16.3. The number of aryl methyl sites for hydroxylation is 2. The van der Waals surface area contributed by atoms with Gasteiger partial charge in [-0.15, -0.1) is 11.3 Å². The molecule has 4 rings (SSSR count). The Labute approximate surface area is 170 Å². The van der Waals surface area contributed by atoms with Crippen LogP contribution in [0.4, 0.5) is 11.6 Å². The summed E-state index contributed by atoms with van der Waals surface area (Å²) < 4.78 is 5.87. The smallest absolute Gasteiger partial charge is 0.227 e. The molecule has 1 unspecified atom stereocenters. The zero-order valence-corrected chi connectivity index (χ0v) is 17.2. The maximum atomic E-state index is 5.87. The van der Waals surface area contributed by atoms with Crippen LogP contribution in [0.25, 0.3) is 10.6 Å². The Morgan fingerprint density at radius 3 is 2.75 bits per heavy atom. The first-order valence-electron chi connectivity index (χ1n) is 9.81. The molecule has 1 aromatic carbocycles. The number of thiophene rings is 1. The van der Waals surface area contributed by atoms with Crippen LogP contribution < -0.4 is 15.4 Å². The lowest BCUT2D eigenvalue weighted by Crippen LogP contribution is -2.23. The monoisotopic (exact) mass is 394 g/mol. The Hall–Kier alpha value is -2.44. The van der Waals surface area contributed by atoms with Gasteiger partial charge in [-0.2, -0.15) is 0 Å². The molecule has 6 heteroatoms. The predicted molar refractivity (Wildman–Crippen MR) is 116 cm³/mol. The molecule has 3 aromatic rings. The molecule has 0 spiro atoms. The van der Waals surface area contributed by atoms with Crippen molar-refractivity contribution in [3.8, 4) is 16.3 Å². The molecule has 2 aromatic heterocycles. The van der Waals surface area contributed by atoms with Crippen LogP contribution in [-0.2, 0) is 0 Å². The molecule has 0 radical (unpaired) electrons. The second-order valence-electron chi connectivity index (χ2n) is 7.22. The number of nitrogens with one attached hydrogen (secondary N) is 2. The van der Waals surface area contributed by atoms with Gasteiger partial charge >= 0.3 is 0 Å². The zero-order chi connectivity index (χ0) is 19.3. The lowest BCUT2D eigenvalue weighted by atomic mass is 10.2. The van der Waals surface area contributed by atoms with Crippen LogP contribution in [0.3, 0.4) is 0 Å². The predicted octanol–water partition coefficient (Wildman–Crippen LogP) is 5.09. The number of nitrogens with zero attached hydrogens (tertiary/aromatic N) is 2. The number of hydrogen-bond donors (Lipinski definition) is 2. The lowest BCUT2D eigenvalue weighted by Gasteiger charge is -2.12. The van der Waals surface area contributed by atoms with Crippen molar-refractivity contribution < 1.29 is 4.74 Å². The highest BCUT2D eigenvalue weighted by atomic mass is 32.1. The van der Waals surface area contributed by atoms with E-state index in [1.54, 1.807) is 11.3 Å². The maximum Gasteiger partial charge on any atom is 0.227 e. The van der Waals surface area contributed by atoms with Crippen LogP contribution in [-0.4, -0.2) is 29.2 Å². The topological polar surface area (TPSA) is 59.1 Å². The van der Waals surface area contributed by atoms with Crippen molar-refractivity contribution in [3.05, 3.63) is 53.0 Å². The highest BCUT2D eigenvalue weighted by molar-refractivity contribution is 7.15. The molecule has 0 bridgehead atoms. The summed E-state index contributed by atoms with van der Waals surface area (Å²) in [4.78, 5) is 11.6. The van der Waals surface area contributed by atoms with E-state index in [1.807, 2.05) is 37.4 Å². The third-order valence-electron chi connectivity index (χ3n) is 4.95. The summed E-state index contributed by atoms with van der Waals surface area (Å²) in [6.07, 6.45) is 5.46. The summed E-state index contributed by atoms with van der Waals surface area (Å²) >= 11 is 1.75. The van der Waals surface area contributed by atoms with Crippen molar-refractivity contribution in [1.29, 1.82) is 0 Å². The Bertz CT molecular complexity index is 917. The van der Waals surface area contributed by atoms with Crippen molar-refractivity contribution in [1.82, 2.24) is 15.3 Å². The highest BCUT2D eigenvalue weighted by Gasteiger charge is 2.13. The summed E-state index contributed by atoms with van der Waals surface area (Å²) in [6, 6.07) is 12.8. The third kappa shape index (κ3) is 4.69. The first-order chi connectivity index (χ1) is 13.7. The van der Waals surface area contributed by atoms with Crippen LogP contribution in [0.2, 0.25) is 0 Å². The Morgan fingerprint density at radius 1 is 1.18 bits per heavy atom. The lowest BCUT2D eigenvalue weighted by molar-refractivity contribution is 0.292. The fourth-order valence-electron chi connectivity index (χ4n) is 3.40. The molecule has 5 nitrogen and oxygen atoms in total. The number of anilines is 2. The molecule has 1 fully saturated rings. The molecule has 1 atom stereocenters. The van der Waals surface area contributed by atoms with Crippen molar-refractivity contribution >= 4 is 23.0 Å². The standard InChI is InChI=1S/C22H26N4OS/c1-15-14-24-22(26-21(15)20-10-5-16(2)28-20)25-18-6-8-19(9-7-18)27-13-11-17-4-3-12-23-17/h5-10,14,17,23H,3-4,11-13H2,1-2H3,(H,24,25,26). The summed E-state index contributed by atoms with van der Waals surface area (Å²) in [5.74, 6) is 1.50. The molecular weight excluding hydrogens is 368 g/mol. The molecule has 0 saturated carbocycles. The van der Waals surface area contributed by atoms with Gasteiger partial charge in [0.05, 0.1) is 17.2 Å².